The zero-order chi connectivity index (χ0) is 7.84. The zero-order valence-electron chi connectivity index (χ0n) is 5.67. The van der Waals surface area contributed by atoms with Gasteiger partial charge in [0, 0.05) is 14.9 Å². The van der Waals surface area contributed by atoms with E-state index in [-0.39, 0.29) is 0 Å². The van der Waals surface area contributed by atoms with Crippen molar-refractivity contribution in [3.8, 4) is 0 Å². The molecule has 1 nitrogen and oxygen atoms in total. The standard InChI is InChI=1S/C8H6BrNS/c9-6-4-8-5(1-2-11-8)3-7(6)10/h1-4H,10H2. The molecular formula is C8H6BrNS. The highest BCUT2D eigenvalue weighted by Gasteiger charge is 1.98. The smallest absolute Gasteiger partial charge is 0.0465 e. The van der Waals surface area contributed by atoms with Crippen molar-refractivity contribution >= 4 is 43.0 Å². The highest BCUT2D eigenvalue weighted by atomic mass is 79.9. The van der Waals surface area contributed by atoms with E-state index in [1.807, 2.05) is 6.07 Å². The molecule has 0 amide bonds. The van der Waals surface area contributed by atoms with Gasteiger partial charge in [-0.15, -0.1) is 11.3 Å². The van der Waals surface area contributed by atoms with Crippen LogP contribution in [0.1, 0.15) is 0 Å². The van der Waals surface area contributed by atoms with Gasteiger partial charge in [-0.05, 0) is 44.9 Å². The van der Waals surface area contributed by atoms with Gasteiger partial charge in [0.1, 0.15) is 0 Å². The Morgan fingerprint density at radius 3 is 3.00 bits per heavy atom. The van der Waals surface area contributed by atoms with Gasteiger partial charge in [0.05, 0.1) is 0 Å². The summed E-state index contributed by atoms with van der Waals surface area (Å²) in [6, 6.07) is 6.11. The van der Waals surface area contributed by atoms with Gasteiger partial charge in [-0.2, -0.15) is 0 Å². The molecular weight excluding hydrogens is 222 g/mol. The van der Waals surface area contributed by atoms with Crippen LogP contribution in [0, 0.1) is 0 Å². The van der Waals surface area contributed by atoms with E-state index < -0.39 is 0 Å². The van der Waals surface area contributed by atoms with Crippen molar-refractivity contribution in [1.82, 2.24) is 0 Å². The molecule has 0 aliphatic heterocycles. The minimum atomic E-state index is 0.802. The van der Waals surface area contributed by atoms with Gasteiger partial charge in [0.25, 0.3) is 0 Å². The molecule has 2 N–H and O–H groups in total. The average molecular weight is 228 g/mol. The maximum Gasteiger partial charge on any atom is 0.0465 e. The Kier molecular flexibility index (Phi) is 1.62. The number of hydrogen-bond donors (Lipinski definition) is 1. The summed E-state index contributed by atoms with van der Waals surface area (Å²) >= 11 is 5.11. The third-order valence-electron chi connectivity index (χ3n) is 1.57. The van der Waals surface area contributed by atoms with Crippen LogP contribution in [0.3, 0.4) is 0 Å². The average Bonchev–Trinajstić information content (AvgIpc) is 2.36. The van der Waals surface area contributed by atoms with Gasteiger partial charge in [0.15, 0.2) is 0 Å². The molecule has 0 unspecified atom stereocenters. The highest BCUT2D eigenvalue weighted by molar-refractivity contribution is 9.10. The van der Waals surface area contributed by atoms with Crippen LogP contribution in [0.4, 0.5) is 5.69 Å². The van der Waals surface area contributed by atoms with E-state index in [0.29, 0.717) is 0 Å². The molecule has 56 valence electrons. The Morgan fingerprint density at radius 2 is 2.18 bits per heavy atom. The van der Waals surface area contributed by atoms with Gasteiger partial charge in [0.2, 0.25) is 0 Å². The van der Waals surface area contributed by atoms with E-state index in [0.717, 1.165) is 10.2 Å². The molecule has 3 heteroatoms. The number of benzene rings is 1. The maximum absolute atomic E-state index is 5.70. The molecule has 0 radical (unpaired) electrons. The summed E-state index contributed by atoms with van der Waals surface area (Å²) < 4.78 is 2.25. The molecule has 2 aromatic rings. The van der Waals surface area contributed by atoms with Crippen LogP contribution in [0.5, 0.6) is 0 Å². The first-order valence-electron chi connectivity index (χ1n) is 3.19. The third kappa shape index (κ3) is 1.14. The van der Waals surface area contributed by atoms with Crippen LogP contribution in [0.25, 0.3) is 10.1 Å². The molecule has 11 heavy (non-hydrogen) atoms. The van der Waals surface area contributed by atoms with Crippen molar-refractivity contribution in [2.75, 3.05) is 5.73 Å². The highest BCUT2D eigenvalue weighted by Crippen LogP contribution is 2.29. The summed E-state index contributed by atoms with van der Waals surface area (Å²) in [7, 11) is 0. The fourth-order valence-electron chi connectivity index (χ4n) is 1.00. The normalized spacial score (nSPS) is 10.6. The first kappa shape index (κ1) is 7.13. The topological polar surface area (TPSA) is 26.0 Å². The molecule has 1 heterocycles. The van der Waals surface area contributed by atoms with Crippen molar-refractivity contribution in [3.63, 3.8) is 0 Å². The lowest BCUT2D eigenvalue weighted by Gasteiger charge is -1.96. The largest absolute Gasteiger partial charge is 0.398 e. The van der Waals surface area contributed by atoms with Crippen LogP contribution in [-0.2, 0) is 0 Å². The summed E-state index contributed by atoms with van der Waals surface area (Å²) in [5.74, 6) is 0. The Labute approximate surface area is 77.0 Å². The minimum Gasteiger partial charge on any atom is -0.398 e. The fraction of sp³-hybridized carbons (Fsp3) is 0. The molecule has 0 saturated heterocycles. The summed E-state index contributed by atoms with van der Waals surface area (Å²) in [5, 5.41) is 3.28. The fourth-order valence-corrected chi connectivity index (χ4v) is 2.31. The molecule has 0 bridgehead atoms. The third-order valence-corrected chi connectivity index (χ3v) is 3.14. The lowest BCUT2D eigenvalue weighted by atomic mass is 10.2. The van der Waals surface area contributed by atoms with E-state index in [1.165, 1.54) is 10.1 Å². The van der Waals surface area contributed by atoms with E-state index in [9.17, 15) is 0 Å². The maximum atomic E-state index is 5.70. The van der Waals surface area contributed by atoms with Gasteiger partial charge >= 0.3 is 0 Å². The van der Waals surface area contributed by atoms with E-state index in [2.05, 4.69) is 33.4 Å². The molecule has 0 atom stereocenters. The van der Waals surface area contributed by atoms with Crippen LogP contribution in [0.2, 0.25) is 0 Å². The second-order valence-electron chi connectivity index (χ2n) is 2.33. The molecule has 0 aliphatic rings. The van der Waals surface area contributed by atoms with Crippen molar-refractivity contribution in [1.29, 1.82) is 0 Å². The van der Waals surface area contributed by atoms with Crippen molar-refractivity contribution in [3.05, 3.63) is 28.1 Å². The first-order valence-corrected chi connectivity index (χ1v) is 4.87. The number of thiophene rings is 1. The van der Waals surface area contributed by atoms with Gasteiger partial charge < -0.3 is 5.73 Å². The summed E-state index contributed by atoms with van der Waals surface area (Å²) in [4.78, 5) is 0. The molecule has 1 aromatic carbocycles. The molecule has 2 rings (SSSR count). The minimum absolute atomic E-state index is 0.802. The van der Waals surface area contributed by atoms with E-state index in [4.69, 9.17) is 5.73 Å². The summed E-state index contributed by atoms with van der Waals surface area (Å²) in [5.41, 5.74) is 6.50. The van der Waals surface area contributed by atoms with Gasteiger partial charge in [-0.25, -0.2) is 0 Å². The van der Waals surface area contributed by atoms with Gasteiger partial charge in [-0.1, -0.05) is 0 Å². The Hall–Kier alpha value is -0.540. The molecule has 1 aromatic heterocycles. The number of nitrogen functional groups attached to an aromatic ring is 1. The van der Waals surface area contributed by atoms with Crippen LogP contribution >= 0.6 is 27.3 Å². The SMILES string of the molecule is Nc1cc2ccsc2cc1Br. The van der Waals surface area contributed by atoms with E-state index in [1.54, 1.807) is 11.3 Å². The molecule has 0 spiro atoms. The lowest BCUT2D eigenvalue weighted by molar-refractivity contribution is 1.72. The van der Waals surface area contributed by atoms with Crippen molar-refractivity contribution in [2.45, 2.75) is 0 Å². The number of halogens is 1. The number of hydrogen-bond acceptors (Lipinski definition) is 2. The van der Waals surface area contributed by atoms with Crippen LogP contribution < -0.4 is 5.73 Å². The predicted octanol–water partition coefficient (Wildman–Crippen LogP) is 3.25. The number of nitrogens with two attached hydrogens (primary N) is 1. The summed E-state index contributed by atoms with van der Waals surface area (Å²) in [6.07, 6.45) is 0. The molecule has 0 saturated carbocycles. The zero-order valence-corrected chi connectivity index (χ0v) is 8.08. The molecule has 0 fully saturated rings. The number of fused-ring (bicyclic) bond motifs is 1. The predicted molar refractivity (Wildman–Crippen MR) is 53.9 cm³/mol. The second kappa shape index (κ2) is 2.50. The van der Waals surface area contributed by atoms with Crippen molar-refractivity contribution in [2.24, 2.45) is 0 Å². The van der Waals surface area contributed by atoms with Crippen molar-refractivity contribution < 1.29 is 0 Å². The Bertz CT molecular complexity index is 358. The Morgan fingerprint density at radius 1 is 1.36 bits per heavy atom. The second-order valence-corrected chi connectivity index (χ2v) is 4.13. The molecule has 0 aliphatic carbocycles. The number of rotatable bonds is 0. The van der Waals surface area contributed by atoms with Gasteiger partial charge in [-0.3, -0.25) is 0 Å². The monoisotopic (exact) mass is 227 g/mol. The lowest BCUT2D eigenvalue weighted by Crippen LogP contribution is -1.84. The van der Waals surface area contributed by atoms with Crippen LogP contribution in [0.15, 0.2) is 28.1 Å². The quantitative estimate of drug-likeness (QED) is 0.688. The van der Waals surface area contributed by atoms with Crippen LogP contribution in [-0.4, -0.2) is 0 Å². The number of anilines is 1. The Balaban J connectivity index is 2.86. The first-order chi connectivity index (χ1) is 5.27. The summed E-state index contributed by atoms with van der Waals surface area (Å²) in [6.45, 7) is 0. The van der Waals surface area contributed by atoms with E-state index >= 15 is 0 Å².